The lowest BCUT2D eigenvalue weighted by molar-refractivity contribution is 0.112. The van der Waals surface area contributed by atoms with E-state index in [-0.39, 0.29) is 0 Å². The molecule has 0 aliphatic carbocycles. The van der Waals surface area contributed by atoms with E-state index in [0.717, 1.165) is 18.6 Å². The molecule has 2 rings (SSSR count). The Morgan fingerprint density at radius 2 is 2.33 bits per heavy atom. The minimum absolute atomic E-state index is 0.480. The Balaban J connectivity index is 2.32. The standard InChI is InChI=1S/C12H16N2O/c1-9-6-10(2)14(7-9)12-11(8-15)4-3-5-13-12/h3-5,8-10H,6-7H2,1-2H3. The fourth-order valence-electron chi connectivity index (χ4n) is 2.34. The van der Waals surface area contributed by atoms with Crippen LogP contribution in [0, 0.1) is 5.92 Å². The van der Waals surface area contributed by atoms with Crippen molar-refractivity contribution in [3.05, 3.63) is 23.9 Å². The highest BCUT2D eigenvalue weighted by atomic mass is 16.1. The summed E-state index contributed by atoms with van der Waals surface area (Å²) in [5, 5.41) is 0. The van der Waals surface area contributed by atoms with E-state index in [0.29, 0.717) is 17.5 Å². The predicted molar refractivity (Wildman–Crippen MR) is 60.2 cm³/mol. The van der Waals surface area contributed by atoms with Gasteiger partial charge in [0.1, 0.15) is 5.82 Å². The van der Waals surface area contributed by atoms with Crippen LogP contribution in [0.5, 0.6) is 0 Å². The molecular weight excluding hydrogens is 188 g/mol. The maximum Gasteiger partial charge on any atom is 0.153 e. The number of anilines is 1. The molecule has 2 heterocycles. The third kappa shape index (κ3) is 1.87. The van der Waals surface area contributed by atoms with Gasteiger partial charge in [0.15, 0.2) is 6.29 Å². The summed E-state index contributed by atoms with van der Waals surface area (Å²) in [6.07, 6.45) is 3.81. The SMILES string of the molecule is CC1CC(C)N(c2ncccc2C=O)C1. The predicted octanol–water partition coefficient (Wildman–Crippen LogP) is 2.13. The van der Waals surface area contributed by atoms with Crippen molar-refractivity contribution < 1.29 is 4.79 Å². The second kappa shape index (κ2) is 4.01. The van der Waals surface area contributed by atoms with Crippen molar-refractivity contribution in [1.82, 2.24) is 4.98 Å². The van der Waals surface area contributed by atoms with Crippen molar-refractivity contribution in [2.24, 2.45) is 5.92 Å². The molecule has 0 amide bonds. The van der Waals surface area contributed by atoms with E-state index in [4.69, 9.17) is 0 Å². The normalized spacial score (nSPS) is 25.6. The highest BCUT2D eigenvalue weighted by Crippen LogP contribution is 2.28. The molecule has 0 radical (unpaired) electrons. The second-order valence-electron chi connectivity index (χ2n) is 4.38. The second-order valence-corrected chi connectivity index (χ2v) is 4.38. The molecule has 0 aromatic carbocycles. The highest BCUT2D eigenvalue weighted by molar-refractivity contribution is 5.82. The Bertz CT molecular complexity index is 364. The first-order valence-corrected chi connectivity index (χ1v) is 5.39. The lowest BCUT2D eigenvalue weighted by atomic mass is 10.1. The van der Waals surface area contributed by atoms with Crippen LogP contribution in [-0.2, 0) is 0 Å². The summed E-state index contributed by atoms with van der Waals surface area (Å²) in [6, 6.07) is 4.11. The first-order valence-electron chi connectivity index (χ1n) is 5.39. The van der Waals surface area contributed by atoms with Gasteiger partial charge in [-0.15, -0.1) is 0 Å². The van der Waals surface area contributed by atoms with E-state index in [2.05, 4.69) is 23.7 Å². The zero-order chi connectivity index (χ0) is 10.8. The minimum Gasteiger partial charge on any atom is -0.353 e. The molecule has 0 N–H and O–H groups in total. The van der Waals surface area contributed by atoms with Gasteiger partial charge in [0.05, 0.1) is 5.56 Å². The molecule has 0 bridgehead atoms. The average Bonchev–Trinajstić information content (AvgIpc) is 2.57. The third-order valence-electron chi connectivity index (χ3n) is 3.00. The maximum atomic E-state index is 10.9. The fourth-order valence-corrected chi connectivity index (χ4v) is 2.34. The highest BCUT2D eigenvalue weighted by Gasteiger charge is 2.28. The fraction of sp³-hybridized carbons (Fsp3) is 0.500. The Morgan fingerprint density at radius 3 is 2.93 bits per heavy atom. The number of hydrogen-bond acceptors (Lipinski definition) is 3. The third-order valence-corrected chi connectivity index (χ3v) is 3.00. The van der Waals surface area contributed by atoms with E-state index < -0.39 is 0 Å². The molecule has 1 aromatic heterocycles. The molecule has 1 aromatic rings. The van der Waals surface area contributed by atoms with Gasteiger partial charge in [0.2, 0.25) is 0 Å². The largest absolute Gasteiger partial charge is 0.353 e. The Kier molecular flexibility index (Phi) is 2.71. The topological polar surface area (TPSA) is 33.2 Å². The van der Waals surface area contributed by atoms with Gasteiger partial charge in [-0.3, -0.25) is 4.79 Å². The molecule has 15 heavy (non-hydrogen) atoms. The van der Waals surface area contributed by atoms with Crippen LogP contribution in [-0.4, -0.2) is 23.9 Å². The van der Waals surface area contributed by atoms with Gasteiger partial charge >= 0.3 is 0 Å². The number of aromatic nitrogens is 1. The number of rotatable bonds is 2. The van der Waals surface area contributed by atoms with E-state index in [9.17, 15) is 4.79 Å². The summed E-state index contributed by atoms with van der Waals surface area (Å²) in [4.78, 5) is 17.4. The van der Waals surface area contributed by atoms with Crippen LogP contribution in [0.4, 0.5) is 5.82 Å². The van der Waals surface area contributed by atoms with Crippen molar-refractivity contribution in [3.8, 4) is 0 Å². The lowest BCUT2D eigenvalue weighted by Gasteiger charge is -2.23. The van der Waals surface area contributed by atoms with Crippen molar-refractivity contribution in [3.63, 3.8) is 0 Å². The van der Waals surface area contributed by atoms with Crippen LogP contribution in [0.1, 0.15) is 30.6 Å². The monoisotopic (exact) mass is 204 g/mol. The number of nitrogens with zero attached hydrogens (tertiary/aromatic N) is 2. The molecule has 1 saturated heterocycles. The van der Waals surface area contributed by atoms with E-state index in [1.54, 1.807) is 12.3 Å². The molecule has 3 heteroatoms. The molecule has 1 aliphatic rings. The molecule has 3 nitrogen and oxygen atoms in total. The quantitative estimate of drug-likeness (QED) is 0.692. The first-order chi connectivity index (χ1) is 7.22. The van der Waals surface area contributed by atoms with Gasteiger partial charge in [-0.2, -0.15) is 0 Å². The van der Waals surface area contributed by atoms with Crippen molar-refractivity contribution in [1.29, 1.82) is 0 Å². The number of hydrogen-bond donors (Lipinski definition) is 0. The average molecular weight is 204 g/mol. The molecular formula is C12H16N2O. The summed E-state index contributed by atoms with van der Waals surface area (Å²) in [6.45, 7) is 5.42. The van der Waals surface area contributed by atoms with Crippen LogP contribution in [0.25, 0.3) is 0 Å². The van der Waals surface area contributed by atoms with Crippen molar-refractivity contribution in [2.45, 2.75) is 26.3 Å². The van der Waals surface area contributed by atoms with Gasteiger partial charge < -0.3 is 4.90 Å². The molecule has 80 valence electrons. The van der Waals surface area contributed by atoms with Crippen LogP contribution in [0.15, 0.2) is 18.3 Å². The van der Waals surface area contributed by atoms with Gasteiger partial charge in [0, 0.05) is 18.8 Å². The molecule has 1 fully saturated rings. The number of carbonyl (C=O) groups is 1. The number of pyridine rings is 1. The molecule has 2 atom stereocenters. The van der Waals surface area contributed by atoms with Gasteiger partial charge in [-0.25, -0.2) is 4.98 Å². The smallest absolute Gasteiger partial charge is 0.153 e. The van der Waals surface area contributed by atoms with Gasteiger partial charge in [0.25, 0.3) is 0 Å². The maximum absolute atomic E-state index is 10.9. The van der Waals surface area contributed by atoms with Crippen molar-refractivity contribution >= 4 is 12.1 Å². The zero-order valence-electron chi connectivity index (χ0n) is 9.18. The Hall–Kier alpha value is -1.38. The summed E-state index contributed by atoms with van der Waals surface area (Å²) in [5.74, 6) is 1.52. The van der Waals surface area contributed by atoms with Gasteiger partial charge in [-0.05, 0) is 31.4 Å². The van der Waals surface area contributed by atoms with Crippen LogP contribution < -0.4 is 4.90 Å². The summed E-state index contributed by atoms with van der Waals surface area (Å²) in [5.41, 5.74) is 0.693. The Labute approximate surface area is 90.1 Å². The molecule has 1 aliphatic heterocycles. The first kappa shape index (κ1) is 10.1. The van der Waals surface area contributed by atoms with E-state index in [1.165, 1.54) is 6.42 Å². The summed E-state index contributed by atoms with van der Waals surface area (Å²) >= 11 is 0. The molecule has 0 saturated carbocycles. The molecule has 2 unspecified atom stereocenters. The van der Waals surface area contributed by atoms with Crippen LogP contribution in [0.3, 0.4) is 0 Å². The van der Waals surface area contributed by atoms with E-state index in [1.807, 2.05) is 6.07 Å². The summed E-state index contributed by atoms with van der Waals surface area (Å²) < 4.78 is 0. The zero-order valence-corrected chi connectivity index (χ0v) is 9.18. The lowest BCUT2D eigenvalue weighted by Crippen LogP contribution is -2.28. The van der Waals surface area contributed by atoms with E-state index >= 15 is 0 Å². The number of aldehydes is 1. The molecule has 0 spiro atoms. The number of carbonyl (C=O) groups excluding carboxylic acids is 1. The van der Waals surface area contributed by atoms with Crippen LogP contribution >= 0.6 is 0 Å². The minimum atomic E-state index is 0.480. The van der Waals surface area contributed by atoms with Crippen molar-refractivity contribution in [2.75, 3.05) is 11.4 Å². The van der Waals surface area contributed by atoms with Gasteiger partial charge in [-0.1, -0.05) is 6.92 Å². The summed E-state index contributed by atoms with van der Waals surface area (Å²) in [7, 11) is 0. The van der Waals surface area contributed by atoms with Crippen LogP contribution in [0.2, 0.25) is 0 Å². The Morgan fingerprint density at radius 1 is 1.53 bits per heavy atom.